The third kappa shape index (κ3) is 3.46. The monoisotopic (exact) mass is 438 g/mol. The lowest BCUT2D eigenvalue weighted by molar-refractivity contribution is -0.116. The smallest absolute Gasteiger partial charge is 0.234 e. The molecule has 0 aliphatic heterocycles. The summed E-state index contributed by atoms with van der Waals surface area (Å²) in [5.41, 5.74) is 3.91. The molecule has 4 N–H and O–H groups in total. The van der Waals surface area contributed by atoms with E-state index in [-0.39, 0.29) is 22.5 Å². The average Bonchev–Trinajstić information content (AvgIpc) is 3.40. The SMILES string of the molecule is CC(C)=CCc1ccc2cc(C3=C(O)C(=O)C(c4cc5ccccc5[nH]4)=C(O)C3=O)[nH]c2c1. The predicted octanol–water partition coefficient (Wildman–Crippen LogP) is 5.55. The fourth-order valence-corrected chi connectivity index (χ4v) is 4.14. The van der Waals surface area contributed by atoms with Crippen LogP contribution in [0.25, 0.3) is 33.0 Å². The van der Waals surface area contributed by atoms with Crippen molar-refractivity contribution in [1.29, 1.82) is 0 Å². The molecule has 0 atom stereocenters. The first-order chi connectivity index (χ1) is 15.8. The number of benzene rings is 2. The minimum atomic E-state index is -0.809. The summed E-state index contributed by atoms with van der Waals surface area (Å²) in [5, 5.41) is 23.1. The maximum absolute atomic E-state index is 13.1. The predicted molar refractivity (Wildman–Crippen MR) is 129 cm³/mol. The Balaban J connectivity index is 1.56. The van der Waals surface area contributed by atoms with Gasteiger partial charge in [-0.15, -0.1) is 0 Å². The van der Waals surface area contributed by atoms with E-state index in [2.05, 4.69) is 16.0 Å². The Bertz CT molecular complexity index is 1520. The topological polar surface area (TPSA) is 106 Å². The molecule has 2 aromatic carbocycles. The lowest BCUT2D eigenvalue weighted by atomic mass is 9.90. The number of rotatable bonds is 4. The second-order valence-corrected chi connectivity index (χ2v) is 8.47. The van der Waals surface area contributed by atoms with Crippen molar-refractivity contribution in [2.45, 2.75) is 20.3 Å². The molecule has 0 amide bonds. The van der Waals surface area contributed by atoms with E-state index in [1.54, 1.807) is 12.1 Å². The van der Waals surface area contributed by atoms with E-state index >= 15 is 0 Å². The molecular formula is C27H22N2O4. The molecule has 6 heteroatoms. The van der Waals surface area contributed by atoms with Gasteiger partial charge >= 0.3 is 0 Å². The summed E-state index contributed by atoms with van der Waals surface area (Å²) >= 11 is 0. The van der Waals surface area contributed by atoms with Gasteiger partial charge in [-0.1, -0.05) is 42.0 Å². The third-order valence-electron chi connectivity index (χ3n) is 5.86. The van der Waals surface area contributed by atoms with E-state index in [9.17, 15) is 19.8 Å². The molecule has 0 saturated carbocycles. The molecule has 0 fully saturated rings. The summed E-state index contributed by atoms with van der Waals surface area (Å²) < 4.78 is 0. The van der Waals surface area contributed by atoms with E-state index in [4.69, 9.17) is 0 Å². The Morgan fingerprint density at radius 3 is 1.97 bits per heavy atom. The second kappa shape index (κ2) is 7.67. The number of hydrogen-bond donors (Lipinski definition) is 4. The van der Waals surface area contributed by atoms with Crippen LogP contribution >= 0.6 is 0 Å². The Labute approximate surface area is 189 Å². The summed E-state index contributed by atoms with van der Waals surface area (Å²) in [4.78, 5) is 32.3. The Hall–Kier alpha value is -4.32. The van der Waals surface area contributed by atoms with Crippen LogP contribution in [-0.2, 0) is 16.0 Å². The number of fused-ring (bicyclic) bond motifs is 2. The number of carbonyl (C=O) groups is 2. The number of aromatic amines is 2. The number of nitrogens with one attached hydrogen (secondary N) is 2. The minimum Gasteiger partial charge on any atom is -0.504 e. The fraction of sp³-hybridized carbons (Fsp3) is 0.111. The molecule has 33 heavy (non-hydrogen) atoms. The number of Topliss-reactive ketones (excluding diaryl/α,β-unsaturated/α-hetero) is 2. The number of ketones is 2. The van der Waals surface area contributed by atoms with Crippen molar-refractivity contribution in [2.24, 2.45) is 0 Å². The highest BCUT2D eigenvalue weighted by Gasteiger charge is 2.37. The maximum atomic E-state index is 13.1. The van der Waals surface area contributed by atoms with E-state index in [1.807, 2.05) is 56.3 Å². The molecule has 0 saturated heterocycles. The van der Waals surface area contributed by atoms with Crippen molar-refractivity contribution in [3.8, 4) is 0 Å². The first-order valence-electron chi connectivity index (χ1n) is 10.6. The van der Waals surface area contributed by atoms with Crippen LogP contribution in [0.5, 0.6) is 0 Å². The number of carbonyl (C=O) groups excluding carboxylic acids is 2. The lowest BCUT2D eigenvalue weighted by Gasteiger charge is -2.16. The van der Waals surface area contributed by atoms with Gasteiger partial charge in [0.05, 0.1) is 22.5 Å². The summed E-state index contributed by atoms with van der Waals surface area (Å²) in [6, 6.07) is 16.6. The van der Waals surface area contributed by atoms with E-state index in [1.165, 1.54) is 5.57 Å². The number of para-hydroxylation sites is 1. The van der Waals surface area contributed by atoms with Crippen LogP contribution in [0.3, 0.4) is 0 Å². The normalized spacial score (nSPS) is 14.6. The Morgan fingerprint density at radius 2 is 1.36 bits per heavy atom. The number of H-pyrrole nitrogens is 2. The van der Waals surface area contributed by atoms with Crippen LogP contribution in [0.15, 0.2) is 77.8 Å². The lowest BCUT2D eigenvalue weighted by Crippen LogP contribution is -2.23. The van der Waals surface area contributed by atoms with Crippen LogP contribution in [0.2, 0.25) is 0 Å². The fourth-order valence-electron chi connectivity index (χ4n) is 4.14. The van der Waals surface area contributed by atoms with Gasteiger partial charge < -0.3 is 20.2 Å². The number of aliphatic hydroxyl groups excluding tert-OH is 2. The zero-order chi connectivity index (χ0) is 23.3. The molecule has 2 aromatic heterocycles. The largest absolute Gasteiger partial charge is 0.504 e. The van der Waals surface area contributed by atoms with Gasteiger partial charge in [0.15, 0.2) is 11.5 Å². The quantitative estimate of drug-likeness (QED) is 0.248. The van der Waals surface area contributed by atoms with E-state index in [0.717, 1.165) is 33.8 Å². The average molecular weight is 438 g/mol. The van der Waals surface area contributed by atoms with Crippen molar-refractivity contribution in [3.63, 3.8) is 0 Å². The zero-order valence-corrected chi connectivity index (χ0v) is 18.2. The van der Waals surface area contributed by atoms with Gasteiger partial charge in [0.2, 0.25) is 11.6 Å². The molecule has 0 spiro atoms. The van der Waals surface area contributed by atoms with Crippen molar-refractivity contribution in [3.05, 3.63) is 94.7 Å². The molecule has 0 unspecified atom stereocenters. The van der Waals surface area contributed by atoms with Gasteiger partial charge in [0.1, 0.15) is 0 Å². The van der Waals surface area contributed by atoms with Crippen molar-refractivity contribution in [1.82, 2.24) is 9.97 Å². The van der Waals surface area contributed by atoms with Crippen LogP contribution < -0.4 is 0 Å². The highest BCUT2D eigenvalue weighted by Crippen LogP contribution is 2.35. The molecule has 6 nitrogen and oxygen atoms in total. The van der Waals surface area contributed by atoms with Crippen LogP contribution in [0.1, 0.15) is 30.8 Å². The molecule has 5 rings (SSSR count). The first kappa shape index (κ1) is 20.6. The van der Waals surface area contributed by atoms with Gasteiger partial charge in [-0.3, -0.25) is 9.59 Å². The molecule has 0 radical (unpaired) electrons. The summed E-state index contributed by atoms with van der Waals surface area (Å²) in [6.07, 6.45) is 2.90. The van der Waals surface area contributed by atoms with Crippen LogP contribution in [0.4, 0.5) is 0 Å². The number of hydrogen-bond acceptors (Lipinski definition) is 4. The summed E-state index contributed by atoms with van der Waals surface area (Å²) in [6.45, 7) is 4.08. The molecule has 4 aromatic rings. The van der Waals surface area contributed by atoms with E-state index < -0.39 is 23.1 Å². The highest BCUT2D eigenvalue weighted by atomic mass is 16.3. The van der Waals surface area contributed by atoms with Crippen LogP contribution in [-0.4, -0.2) is 31.7 Å². The van der Waals surface area contributed by atoms with Gasteiger partial charge in [-0.2, -0.15) is 0 Å². The molecular weight excluding hydrogens is 416 g/mol. The van der Waals surface area contributed by atoms with E-state index in [0.29, 0.717) is 0 Å². The summed E-state index contributed by atoms with van der Waals surface area (Å²) in [5.74, 6) is -3.00. The van der Waals surface area contributed by atoms with Crippen molar-refractivity contribution < 1.29 is 19.8 Å². The molecule has 164 valence electrons. The Kier molecular flexibility index (Phi) is 4.78. The van der Waals surface area contributed by atoms with Gasteiger partial charge in [0.25, 0.3) is 0 Å². The number of aromatic nitrogens is 2. The van der Waals surface area contributed by atoms with Crippen molar-refractivity contribution in [2.75, 3.05) is 0 Å². The Morgan fingerprint density at radius 1 is 0.788 bits per heavy atom. The molecule has 1 aliphatic carbocycles. The first-order valence-corrected chi connectivity index (χ1v) is 10.6. The molecule has 2 heterocycles. The molecule has 0 bridgehead atoms. The zero-order valence-electron chi connectivity index (χ0n) is 18.2. The van der Waals surface area contributed by atoms with Crippen molar-refractivity contribution >= 4 is 44.5 Å². The van der Waals surface area contributed by atoms with Gasteiger partial charge in [0, 0.05) is 21.8 Å². The number of aliphatic hydroxyl groups is 2. The van der Waals surface area contributed by atoms with Crippen LogP contribution in [0, 0.1) is 0 Å². The third-order valence-corrected chi connectivity index (χ3v) is 5.86. The van der Waals surface area contributed by atoms with Gasteiger partial charge in [-0.05, 0) is 50.1 Å². The minimum absolute atomic E-state index is 0.237. The summed E-state index contributed by atoms with van der Waals surface area (Å²) in [7, 11) is 0. The molecule has 1 aliphatic rings. The number of allylic oxidation sites excluding steroid dienone is 4. The highest BCUT2D eigenvalue weighted by molar-refractivity contribution is 6.46. The van der Waals surface area contributed by atoms with Gasteiger partial charge in [-0.25, -0.2) is 0 Å². The standard InChI is InChI=1S/C27H22N2O4/c1-14(2)7-8-15-9-10-17-13-21(29-19(17)11-15)23-26(32)24(30)22(25(31)27(23)33)20-12-16-5-3-4-6-18(16)28-20/h3-7,9-13,28-30,33H,8H2,1-2H3. The maximum Gasteiger partial charge on any atom is 0.234 e. The second-order valence-electron chi connectivity index (χ2n) is 8.47.